The van der Waals surface area contributed by atoms with E-state index in [1.54, 1.807) is 0 Å². The summed E-state index contributed by atoms with van der Waals surface area (Å²) < 4.78 is 0. The molecule has 1 heterocycles. The van der Waals surface area contributed by atoms with Crippen LogP contribution in [-0.4, -0.2) is 18.4 Å². The second kappa shape index (κ2) is 4.92. The number of ketones is 1. The van der Waals surface area contributed by atoms with Gasteiger partial charge in [-0.3, -0.25) is 4.79 Å². The average Bonchev–Trinajstić information content (AvgIpc) is 2.38. The highest BCUT2D eigenvalue weighted by Crippen LogP contribution is 2.25. The molecule has 0 radical (unpaired) electrons. The Bertz CT molecular complexity index is 190. The smallest absolute Gasteiger partial charge is 0.137 e. The van der Waals surface area contributed by atoms with Crippen LogP contribution in [0.1, 0.15) is 51.4 Å². The first-order valence-corrected chi connectivity index (χ1v) is 6.12. The topological polar surface area (TPSA) is 29.1 Å². The van der Waals surface area contributed by atoms with E-state index in [-0.39, 0.29) is 0 Å². The normalized spacial score (nSPS) is 29.3. The molecule has 2 nitrogen and oxygen atoms in total. The van der Waals surface area contributed by atoms with Gasteiger partial charge in [-0.2, -0.15) is 0 Å². The van der Waals surface area contributed by atoms with Gasteiger partial charge in [0.2, 0.25) is 0 Å². The van der Waals surface area contributed by atoms with E-state index in [2.05, 4.69) is 5.32 Å². The first kappa shape index (κ1) is 10.2. The van der Waals surface area contributed by atoms with Gasteiger partial charge in [-0.15, -0.1) is 0 Å². The number of nitrogens with one attached hydrogen (secondary N) is 1. The molecule has 0 aromatic carbocycles. The summed E-state index contributed by atoms with van der Waals surface area (Å²) in [4.78, 5) is 11.9. The standard InChI is InChI=1S/C12H21NO/c14-12(9-11-7-8-13-11)10-5-3-1-2-4-6-10/h10-11,13H,1-9H2. The van der Waals surface area contributed by atoms with Crippen LogP contribution in [0, 0.1) is 5.92 Å². The predicted molar refractivity (Wildman–Crippen MR) is 57.2 cm³/mol. The van der Waals surface area contributed by atoms with Gasteiger partial charge in [-0.1, -0.05) is 25.7 Å². The van der Waals surface area contributed by atoms with Gasteiger partial charge in [-0.25, -0.2) is 0 Å². The highest BCUT2D eigenvalue weighted by Gasteiger charge is 2.25. The molecule has 2 fully saturated rings. The SMILES string of the molecule is O=C(CC1CCN1)C1CCCCCC1. The minimum absolute atomic E-state index is 0.403. The fourth-order valence-corrected chi connectivity index (χ4v) is 2.53. The summed E-state index contributed by atoms with van der Waals surface area (Å²) in [6.45, 7) is 1.11. The molecular formula is C12H21NO. The zero-order chi connectivity index (χ0) is 9.80. The zero-order valence-electron chi connectivity index (χ0n) is 8.93. The third kappa shape index (κ3) is 2.57. The molecule has 14 heavy (non-hydrogen) atoms. The lowest BCUT2D eigenvalue weighted by Gasteiger charge is -2.28. The summed E-state index contributed by atoms with van der Waals surface area (Å²) >= 11 is 0. The Morgan fingerprint density at radius 1 is 1.07 bits per heavy atom. The molecule has 1 aliphatic carbocycles. The molecule has 1 saturated heterocycles. The van der Waals surface area contributed by atoms with Crippen LogP contribution < -0.4 is 5.32 Å². The molecule has 0 amide bonds. The van der Waals surface area contributed by atoms with Crippen molar-refractivity contribution in [3.63, 3.8) is 0 Å². The van der Waals surface area contributed by atoms with Crippen molar-refractivity contribution in [1.29, 1.82) is 0 Å². The van der Waals surface area contributed by atoms with Gasteiger partial charge < -0.3 is 5.32 Å². The van der Waals surface area contributed by atoms with Gasteiger partial charge in [-0.05, 0) is 25.8 Å². The maximum absolute atomic E-state index is 11.9. The second-order valence-electron chi connectivity index (χ2n) is 4.80. The Labute approximate surface area is 86.5 Å². The Morgan fingerprint density at radius 3 is 2.21 bits per heavy atom. The Kier molecular flexibility index (Phi) is 3.57. The van der Waals surface area contributed by atoms with Crippen LogP contribution in [0.15, 0.2) is 0 Å². The van der Waals surface area contributed by atoms with Crippen molar-refractivity contribution in [1.82, 2.24) is 5.32 Å². The highest BCUT2D eigenvalue weighted by atomic mass is 16.1. The fraction of sp³-hybridized carbons (Fsp3) is 0.917. The summed E-state index contributed by atoms with van der Waals surface area (Å²) in [6, 6.07) is 0.519. The molecule has 1 aliphatic heterocycles. The van der Waals surface area contributed by atoms with Crippen molar-refractivity contribution in [2.45, 2.75) is 57.4 Å². The van der Waals surface area contributed by atoms with Crippen LogP contribution in [0.5, 0.6) is 0 Å². The van der Waals surface area contributed by atoms with Gasteiger partial charge in [0.1, 0.15) is 5.78 Å². The maximum atomic E-state index is 11.9. The molecule has 2 aliphatic rings. The zero-order valence-corrected chi connectivity index (χ0v) is 8.93. The van der Waals surface area contributed by atoms with Gasteiger partial charge in [0.15, 0.2) is 0 Å². The number of Topliss-reactive ketones (excluding diaryl/α,β-unsaturated/α-hetero) is 1. The maximum Gasteiger partial charge on any atom is 0.137 e. The van der Waals surface area contributed by atoms with E-state index >= 15 is 0 Å². The van der Waals surface area contributed by atoms with Crippen molar-refractivity contribution in [3.8, 4) is 0 Å². The van der Waals surface area contributed by atoms with Crippen molar-refractivity contribution in [2.24, 2.45) is 5.92 Å². The molecule has 0 aromatic heterocycles. The van der Waals surface area contributed by atoms with Crippen LogP contribution >= 0.6 is 0 Å². The van der Waals surface area contributed by atoms with Crippen LogP contribution in [0.4, 0.5) is 0 Å². The Balaban J connectivity index is 1.76. The third-order valence-corrected chi connectivity index (χ3v) is 3.68. The number of hydrogen-bond donors (Lipinski definition) is 1. The summed E-state index contributed by atoms with van der Waals surface area (Å²) in [5.74, 6) is 0.934. The molecule has 0 aromatic rings. The number of rotatable bonds is 3. The number of hydrogen-bond acceptors (Lipinski definition) is 2. The van der Waals surface area contributed by atoms with Crippen LogP contribution in [0.25, 0.3) is 0 Å². The summed E-state index contributed by atoms with van der Waals surface area (Å²) in [5, 5.41) is 3.31. The monoisotopic (exact) mass is 195 g/mol. The molecule has 2 heteroatoms. The second-order valence-corrected chi connectivity index (χ2v) is 4.80. The van der Waals surface area contributed by atoms with E-state index in [9.17, 15) is 4.79 Å². The average molecular weight is 195 g/mol. The van der Waals surface area contributed by atoms with Crippen LogP contribution in [0.3, 0.4) is 0 Å². The molecule has 0 spiro atoms. The molecule has 80 valence electrons. The molecule has 0 bridgehead atoms. The lowest BCUT2D eigenvalue weighted by molar-refractivity contribution is -0.124. The first-order valence-electron chi connectivity index (χ1n) is 6.12. The quantitative estimate of drug-likeness (QED) is 0.700. The molecule has 1 unspecified atom stereocenters. The van der Waals surface area contributed by atoms with Crippen LogP contribution in [-0.2, 0) is 4.79 Å². The van der Waals surface area contributed by atoms with Crippen molar-refractivity contribution in [3.05, 3.63) is 0 Å². The molecule has 2 rings (SSSR count). The number of carbonyl (C=O) groups is 1. The van der Waals surface area contributed by atoms with Crippen molar-refractivity contribution >= 4 is 5.78 Å². The van der Waals surface area contributed by atoms with Crippen molar-refractivity contribution in [2.75, 3.05) is 6.54 Å². The van der Waals surface area contributed by atoms with Crippen molar-refractivity contribution < 1.29 is 4.79 Å². The molecule has 1 atom stereocenters. The van der Waals surface area contributed by atoms with Crippen LogP contribution in [0.2, 0.25) is 0 Å². The lowest BCUT2D eigenvalue weighted by atomic mass is 9.89. The van der Waals surface area contributed by atoms with Gasteiger partial charge in [0, 0.05) is 18.4 Å². The first-order chi connectivity index (χ1) is 6.86. The molecule has 1 N–H and O–H groups in total. The third-order valence-electron chi connectivity index (χ3n) is 3.68. The van der Waals surface area contributed by atoms with E-state index in [0.29, 0.717) is 17.7 Å². The summed E-state index contributed by atoms with van der Waals surface area (Å²) in [7, 11) is 0. The minimum Gasteiger partial charge on any atom is -0.313 e. The van der Waals surface area contributed by atoms with Gasteiger partial charge >= 0.3 is 0 Å². The van der Waals surface area contributed by atoms with E-state index < -0.39 is 0 Å². The summed E-state index contributed by atoms with van der Waals surface area (Å²) in [5.41, 5.74) is 0. The van der Waals surface area contributed by atoms with Gasteiger partial charge in [0.25, 0.3) is 0 Å². The fourth-order valence-electron chi connectivity index (χ4n) is 2.53. The highest BCUT2D eigenvalue weighted by molar-refractivity contribution is 5.81. The lowest BCUT2D eigenvalue weighted by Crippen LogP contribution is -2.44. The molecular weight excluding hydrogens is 174 g/mol. The van der Waals surface area contributed by atoms with E-state index in [0.717, 1.165) is 25.8 Å². The minimum atomic E-state index is 0.403. The largest absolute Gasteiger partial charge is 0.313 e. The number of carbonyl (C=O) groups excluding carboxylic acids is 1. The van der Waals surface area contributed by atoms with E-state index in [1.165, 1.54) is 32.1 Å². The van der Waals surface area contributed by atoms with Gasteiger partial charge in [0.05, 0.1) is 0 Å². The Morgan fingerprint density at radius 2 is 1.71 bits per heavy atom. The Hall–Kier alpha value is -0.370. The molecule has 1 saturated carbocycles. The van der Waals surface area contributed by atoms with E-state index in [1.807, 2.05) is 0 Å². The van der Waals surface area contributed by atoms with E-state index in [4.69, 9.17) is 0 Å². The summed E-state index contributed by atoms with van der Waals surface area (Å²) in [6.07, 6.45) is 9.54. The predicted octanol–water partition coefficient (Wildman–Crippen LogP) is 2.28.